The Hall–Kier alpha value is -1.02. The summed E-state index contributed by atoms with van der Waals surface area (Å²) in [7, 11) is 0.351. The molecule has 1 aromatic rings. The molecule has 1 aromatic carbocycles. The Morgan fingerprint density at radius 2 is 2.00 bits per heavy atom. The maximum Gasteiger partial charge on any atom is 0.240 e. The molecule has 1 rings (SSSR count). The maximum atomic E-state index is 12.3. The smallest absolute Gasteiger partial charge is 0.240 e. The van der Waals surface area contributed by atoms with E-state index in [-0.39, 0.29) is 15.3 Å². The first-order valence-corrected chi connectivity index (χ1v) is 8.47. The van der Waals surface area contributed by atoms with Crippen molar-refractivity contribution in [3.8, 4) is 0 Å². The van der Waals surface area contributed by atoms with E-state index in [4.69, 9.17) is 18.0 Å². The Kier molecular flexibility index (Phi) is 5.86. The Morgan fingerprint density at radius 1 is 1.38 bits per heavy atom. The predicted molar refractivity (Wildman–Crippen MR) is 89.9 cm³/mol. The molecule has 0 spiro atoms. The third-order valence-corrected chi connectivity index (χ3v) is 4.55. The molecule has 5 nitrogen and oxygen atoms in total. The highest BCUT2D eigenvalue weighted by Gasteiger charge is 2.23. The number of benzene rings is 1. The fourth-order valence-corrected chi connectivity index (χ4v) is 3.52. The highest BCUT2D eigenvalue weighted by Crippen LogP contribution is 2.17. The molecule has 7 heteroatoms. The van der Waals surface area contributed by atoms with E-state index in [1.165, 1.54) is 12.1 Å². The molecule has 0 fully saturated rings. The molecule has 21 heavy (non-hydrogen) atoms. The van der Waals surface area contributed by atoms with Gasteiger partial charge >= 0.3 is 0 Å². The van der Waals surface area contributed by atoms with Crippen LogP contribution in [-0.4, -0.2) is 45.5 Å². The highest BCUT2D eigenvalue weighted by atomic mass is 32.2. The summed E-state index contributed by atoms with van der Waals surface area (Å²) in [6.45, 7) is 5.16. The molecule has 0 bridgehead atoms. The van der Waals surface area contributed by atoms with E-state index >= 15 is 0 Å². The molecule has 0 heterocycles. The van der Waals surface area contributed by atoms with Crippen LogP contribution in [0.25, 0.3) is 0 Å². The summed E-state index contributed by atoms with van der Waals surface area (Å²) in [6, 6.07) is 6.35. The average molecular weight is 329 g/mol. The number of hydrogen-bond donors (Lipinski definition) is 2. The zero-order chi connectivity index (χ0) is 16.3. The summed E-state index contributed by atoms with van der Waals surface area (Å²) in [5.74, 6) is 0. The van der Waals surface area contributed by atoms with Gasteiger partial charge in [-0.05, 0) is 31.6 Å². The minimum Gasteiger partial charge on any atom is -0.389 e. The Morgan fingerprint density at radius 3 is 2.52 bits per heavy atom. The molecule has 0 aliphatic heterocycles. The van der Waals surface area contributed by atoms with E-state index < -0.39 is 10.0 Å². The molecule has 0 saturated heterocycles. The summed E-state index contributed by atoms with van der Waals surface area (Å²) in [5.41, 5.74) is 5.91. The van der Waals surface area contributed by atoms with Gasteiger partial charge < -0.3 is 10.6 Å². The average Bonchev–Trinajstić information content (AvgIpc) is 2.35. The number of hydrogen-bond acceptors (Lipinski definition) is 4. The van der Waals surface area contributed by atoms with Gasteiger partial charge in [-0.15, -0.1) is 0 Å². The molecule has 0 unspecified atom stereocenters. The van der Waals surface area contributed by atoms with Crippen LogP contribution in [0.1, 0.15) is 19.4 Å². The number of nitrogens with zero attached hydrogens (tertiary/aromatic N) is 1. The first kappa shape index (κ1) is 18.0. The van der Waals surface area contributed by atoms with E-state index in [0.29, 0.717) is 12.1 Å². The summed E-state index contributed by atoms with van der Waals surface area (Å²) in [5, 5.41) is 0. The largest absolute Gasteiger partial charge is 0.389 e. The topological polar surface area (TPSA) is 75.4 Å². The lowest BCUT2D eigenvalue weighted by atomic mass is 9.93. The van der Waals surface area contributed by atoms with Crippen molar-refractivity contribution in [2.24, 2.45) is 11.1 Å². The van der Waals surface area contributed by atoms with E-state index in [0.717, 1.165) is 6.54 Å². The molecule has 0 aromatic heterocycles. The molecular formula is C14H23N3O2S2. The third-order valence-electron chi connectivity index (χ3n) is 2.91. The SMILES string of the molecule is CN(C)CC(C)(C)CNS(=O)(=O)c1cccc(C(N)=S)c1. The zero-order valence-electron chi connectivity index (χ0n) is 12.9. The van der Waals surface area contributed by atoms with E-state index in [1.807, 2.05) is 32.8 Å². The highest BCUT2D eigenvalue weighted by molar-refractivity contribution is 7.89. The molecule has 3 N–H and O–H groups in total. The van der Waals surface area contributed by atoms with E-state index in [1.54, 1.807) is 12.1 Å². The monoisotopic (exact) mass is 329 g/mol. The van der Waals surface area contributed by atoms with Crippen LogP contribution in [-0.2, 0) is 10.0 Å². The number of sulfonamides is 1. The van der Waals surface area contributed by atoms with Gasteiger partial charge in [0.1, 0.15) is 4.99 Å². The van der Waals surface area contributed by atoms with Gasteiger partial charge in [-0.1, -0.05) is 38.2 Å². The lowest BCUT2D eigenvalue weighted by Crippen LogP contribution is -2.39. The first-order chi connectivity index (χ1) is 9.53. The summed E-state index contributed by atoms with van der Waals surface area (Å²) in [4.78, 5) is 2.38. The summed E-state index contributed by atoms with van der Waals surface area (Å²) >= 11 is 4.87. The molecule has 0 radical (unpaired) electrons. The van der Waals surface area contributed by atoms with Crippen LogP contribution in [0, 0.1) is 5.41 Å². The van der Waals surface area contributed by atoms with Crippen molar-refractivity contribution in [3.05, 3.63) is 29.8 Å². The molecular weight excluding hydrogens is 306 g/mol. The fourth-order valence-electron chi connectivity index (χ4n) is 2.10. The number of rotatable bonds is 7. The Balaban J connectivity index is 2.87. The van der Waals surface area contributed by atoms with Crippen LogP contribution in [0.5, 0.6) is 0 Å². The molecule has 118 valence electrons. The molecule has 0 saturated carbocycles. The van der Waals surface area contributed by atoms with Crippen molar-refractivity contribution in [2.75, 3.05) is 27.2 Å². The Bertz CT molecular complexity index is 610. The van der Waals surface area contributed by atoms with Crippen LogP contribution in [0.2, 0.25) is 0 Å². The van der Waals surface area contributed by atoms with Gasteiger partial charge in [0.25, 0.3) is 0 Å². The van der Waals surface area contributed by atoms with Gasteiger partial charge in [-0.25, -0.2) is 13.1 Å². The van der Waals surface area contributed by atoms with Crippen LogP contribution < -0.4 is 10.5 Å². The van der Waals surface area contributed by atoms with Gasteiger partial charge in [-0.3, -0.25) is 0 Å². The zero-order valence-corrected chi connectivity index (χ0v) is 14.5. The van der Waals surface area contributed by atoms with Gasteiger partial charge in [0.05, 0.1) is 4.90 Å². The van der Waals surface area contributed by atoms with Crippen molar-refractivity contribution in [2.45, 2.75) is 18.7 Å². The summed E-state index contributed by atoms with van der Waals surface area (Å²) in [6.07, 6.45) is 0. The van der Waals surface area contributed by atoms with Crippen molar-refractivity contribution in [3.63, 3.8) is 0 Å². The summed E-state index contributed by atoms with van der Waals surface area (Å²) < 4.78 is 27.3. The van der Waals surface area contributed by atoms with E-state index in [9.17, 15) is 8.42 Å². The molecule has 0 aliphatic carbocycles. The van der Waals surface area contributed by atoms with Gasteiger partial charge in [0.2, 0.25) is 10.0 Å². The number of nitrogens with two attached hydrogens (primary N) is 1. The quantitative estimate of drug-likeness (QED) is 0.735. The van der Waals surface area contributed by atoms with Crippen LogP contribution >= 0.6 is 12.2 Å². The van der Waals surface area contributed by atoms with Crippen molar-refractivity contribution < 1.29 is 8.42 Å². The van der Waals surface area contributed by atoms with E-state index in [2.05, 4.69) is 4.72 Å². The Labute approximate surface area is 132 Å². The number of thiocarbonyl (C=S) groups is 1. The second-order valence-corrected chi connectivity index (χ2v) is 8.33. The van der Waals surface area contributed by atoms with Crippen LogP contribution in [0.3, 0.4) is 0 Å². The second kappa shape index (κ2) is 6.83. The predicted octanol–water partition coefficient (Wildman–Crippen LogP) is 1.19. The normalized spacial score (nSPS) is 12.6. The lowest BCUT2D eigenvalue weighted by molar-refractivity contribution is 0.242. The fraction of sp³-hybridized carbons (Fsp3) is 0.500. The standard InChI is InChI=1S/C14H23N3O2S2/c1-14(2,10-17(3)4)9-16-21(18,19)12-7-5-6-11(8-12)13(15)20/h5-8,16H,9-10H2,1-4H3,(H2,15,20). The number of nitrogens with one attached hydrogen (secondary N) is 1. The van der Waals surface area contributed by atoms with Gasteiger partial charge in [0.15, 0.2) is 0 Å². The van der Waals surface area contributed by atoms with Gasteiger partial charge in [0, 0.05) is 18.7 Å². The minimum atomic E-state index is -3.57. The van der Waals surface area contributed by atoms with Crippen molar-refractivity contribution in [1.82, 2.24) is 9.62 Å². The molecule has 0 aliphatic rings. The lowest BCUT2D eigenvalue weighted by Gasteiger charge is -2.28. The minimum absolute atomic E-state index is 0.169. The molecule has 0 amide bonds. The van der Waals surface area contributed by atoms with Crippen LogP contribution in [0.4, 0.5) is 0 Å². The van der Waals surface area contributed by atoms with Crippen molar-refractivity contribution in [1.29, 1.82) is 0 Å². The van der Waals surface area contributed by atoms with Crippen molar-refractivity contribution >= 4 is 27.2 Å². The first-order valence-electron chi connectivity index (χ1n) is 6.58. The van der Waals surface area contributed by atoms with Crippen LogP contribution in [0.15, 0.2) is 29.2 Å². The third kappa shape index (κ3) is 5.70. The van der Waals surface area contributed by atoms with Gasteiger partial charge in [-0.2, -0.15) is 0 Å². The second-order valence-electron chi connectivity index (χ2n) is 6.12. The maximum absolute atomic E-state index is 12.3. The molecule has 0 atom stereocenters.